The number of fused-ring (bicyclic) bond motifs is 1. The smallest absolute Gasteiger partial charge is 0.295 e. The van der Waals surface area contributed by atoms with Crippen molar-refractivity contribution < 1.29 is 9.78 Å². The molecule has 1 heterocycles. The number of anilines is 2. The Bertz CT molecular complexity index is 735. The molecule has 3 aromatic rings. The molecule has 0 bridgehead atoms. The van der Waals surface area contributed by atoms with E-state index in [2.05, 4.69) is 20.6 Å². The van der Waals surface area contributed by atoms with E-state index in [1.165, 1.54) is 0 Å². The summed E-state index contributed by atoms with van der Waals surface area (Å²) in [4.78, 5) is 18.0. The van der Waals surface area contributed by atoms with E-state index in [-0.39, 0.29) is 6.03 Å². The average Bonchev–Trinajstić information content (AvgIpc) is 2.80. The van der Waals surface area contributed by atoms with Crippen LogP contribution in [0.1, 0.15) is 0 Å². The van der Waals surface area contributed by atoms with Crippen molar-refractivity contribution in [3.05, 3.63) is 53.6 Å². The lowest BCUT2D eigenvalue weighted by Crippen LogP contribution is -2.23. The third-order valence-electron chi connectivity index (χ3n) is 2.77. The molecule has 1 aromatic heterocycles. The van der Waals surface area contributed by atoms with Gasteiger partial charge in [-0.15, -0.1) is 0 Å². The number of carbonyl (C=O) groups is 1. The van der Waals surface area contributed by atoms with Crippen molar-refractivity contribution in [3.8, 4) is 0 Å². The van der Waals surface area contributed by atoms with Crippen LogP contribution in [0, 0.1) is 0 Å². The number of aromatic nitrogens is 2. The Kier molecular flexibility index (Phi) is 3.26. The molecule has 2 amide bonds. The predicted molar refractivity (Wildman–Crippen MR) is 78.9 cm³/mol. The fraction of sp³-hybridized carbons (Fsp3) is 0. The maximum Gasteiger partial charge on any atom is 0.384 e. The molecular weight excluding hydrogens is 276 g/mol. The normalized spacial score (nSPS) is 10.4. The van der Waals surface area contributed by atoms with Gasteiger partial charge in [-0.2, -0.15) is 5.32 Å². The van der Waals surface area contributed by atoms with Gasteiger partial charge >= 0.3 is 12.0 Å². The van der Waals surface area contributed by atoms with Gasteiger partial charge in [0.25, 0.3) is 0 Å². The molecule has 3 rings (SSSR count). The Labute approximate surface area is 120 Å². The van der Waals surface area contributed by atoms with E-state index in [1.54, 1.807) is 24.3 Å². The van der Waals surface area contributed by atoms with Gasteiger partial charge in [-0.1, -0.05) is 29.8 Å². The molecule has 0 radical (unpaired) electrons. The van der Waals surface area contributed by atoms with Crippen molar-refractivity contribution >= 4 is 40.3 Å². The summed E-state index contributed by atoms with van der Waals surface area (Å²) in [5.41, 5.74) is 2.47. The highest BCUT2D eigenvalue weighted by Gasteiger charge is 2.12. The lowest BCUT2D eigenvalue weighted by molar-refractivity contribution is -0.326. The summed E-state index contributed by atoms with van der Waals surface area (Å²) in [6, 6.07) is 14.3. The van der Waals surface area contributed by atoms with Crippen LogP contribution in [-0.4, -0.2) is 11.0 Å². The number of rotatable bonds is 2. The Morgan fingerprint density at radius 2 is 1.95 bits per heavy atom. The van der Waals surface area contributed by atoms with E-state index < -0.39 is 0 Å². The maximum atomic E-state index is 11.9. The van der Waals surface area contributed by atoms with Crippen LogP contribution in [0.4, 0.5) is 16.4 Å². The van der Waals surface area contributed by atoms with Crippen LogP contribution in [0.15, 0.2) is 48.5 Å². The van der Waals surface area contributed by atoms with Gasteiger partial charge in [0.1, 0.15) is 11.0 Å². The topological polar surface area (TPSA) is 71.1 Å². The highest BCUT2D eigenvalue weighted by molar-refractivity contribution is 6.30. The van der Waals surface area contributed by atoms with Crippen LogP contribution < -0.4 is 15.6 Å². The summed E-state index contributed by atoms with van der Waals surface area (Å²) in [5, 5.41) is 5.97. The Hall–Kier alpha value is -2.53. The zero-order valence-corrected chi connectivity index (χ0v) is 11.2. The van der Waals surface area contributed by atoms with Crippen molar-refractivity contribution in [3.63, 3.8) is 0 Å². The Morgan fingerprint density at radius 3 is 2.75 bits per heavy atom. The van der Waals surface area contributed by atoms with E-state index >= 15 is 0 Å². The van der Waals surface area contributed by atoms with E-state index in [9.17, 15) is 4.79 Å². The number of urea groups is 1. The average molecular weight is 288 g/mol. The molecule has 6 heteroatoms. The van der Waals surface area contributed by atoms with Crippen LogP contribution in [0.2, 0.25) is 5.02 Å². The molecule has 0 spiro atoms. The zero-order valence-electron chi connectivity index (χ0n) is 10.4. The first-order valence-electron chi connectivity index (χ1n) is 6.04. The molecule has 100 valence electrons. The Morgan fingerprint density at radius 1 is 1.10 bits per heavy atom. The summed E-state index contributed by atoms with van der Waals surface area (Å²) in [6.07, 6.45) is 0. The van der Waals surface area contributed by atoms with Gasteiger partial charge in [0.15, 0.2) is 0 Å². The van der Waals surface area contributed by atoms with Gasteiger partial charge in [-0.25, -0.2) is 14.8 Å². The minimum atomic E-state index is -0.352. The number of hydrogen-bond acceptors (Lipinski definition) is 1. The summed E-state index contributed by atoms with van der Waals surface area (Å²) in [6.45, 7) is 0. The van der Waals surface area contributed by atoms with E-state index in [4.69, 9.17) is 11.6 Å². The number of benzene rings is 2. The number of halogens is 1. The van der Waals surface area contributed by atoms with Crippen molar-refractivity contribution in [2.45, 2.75) is 0 Å². The fourth-order valence-corrected chi connectivity index (χ4v) is 2.10. The lowest BCUT2D eigenvalue weighted by atomic mass is 10.3. The zero-order chi connectivity index (χ0) is 13.9. The molecule has 0 saturated carbocycles. The molecule has 0 fully saturated rings. The highest BCUT2D eigenvalue weighted by atomic mass is 35.5. The summed E-state index contributed by atoms with van der Waals surface area (Å²) >= 11 is 5.86. The van der Waals surface area contributed by atoms with Gasteiger partial charge in [-0.3, -0.25) is 5.32 Å². The van der Waals surface area contributed by atoms with Crippen LogP contribution in [0.25, 0.3) is 11.0 Å². The first-order valence-corrected chi connectivity index (χ1v) is 6.42. The largest absolute Gasteiger partial charge is 0.384 e. The first-order chi connectivity index (χ1) is 9.70. The minimum absolute atomic E-state index is 0.352. The molecule has 4 N–H and O–H groups in total. The SMILES string of the molecule is O=C(Nc1cccc(Cl)c1)Nc1[nH]c2ccccc2[nH+]1. The number of amides is 2. The molecule has 0 aliphatic carbocycles. The van der Waals surface area contributed by atoms with Crippen molar-refractivity contribution in [2.24, 2.45) is 0 Å². The van der Waals surface area contributed by atoms with Crippen LogP contribution in [-0.2, 0) is 0 Å². The lowest BCUT2D eigenvalue weighted by Gasteiger charge is -2.02. The third kappa shape index (κ3) is 2.73. The first kappa shape index (κ1) is 12.5. The van der Waals surface area contributed by atoms with Crippen LogP contribution in [0.3, 0.4) is 0 Å². The van der Waals surface area contributed by atoms with Crippen molar-refractivity contribution in [1.29, 1.82) is 0 Å². The molecule has 0 aliphatic rings. The molecule has 20 heavy (non-hydrogen) atoms. The number of hydrogen-bond donors (Lipinski definition) is 3. The second-order valence-corrected chi connectivity index (χ2v) is 4.70. The Balaban J connectivity index is 1.72. The number of H-pyrrole nitrogens is 2. The number of imidazole rings is 1. The number of aromatic amines is 2. The quantitative estimate of drug-likeness (QED) is 0.665. The van der Waals surface area contributed by atoms with Gasteiger partial charge in [-0.05, 0) is 30.3 Å². The molecule has 0 aliphatic heterocycles. The van der Waals surface area contributed by atoms with Crippen LogP contribution in [0.5, 0.6) is 0 Å². The van der Waals surface area contributed by atoms with E-state index in [1.807, 2.05) is 24.3 Å². The summed E-state index contributed by atoms with van der Waals surface area (Å²) in [5.74, 6) is 0.519. The highest BCUT2D eigenvalue weighted by Crippen LogP contribution is 2.15. The van der Waals surface area contributed by atoms with Gasteiger partial charge in [0.2, 0.25) is 0 Å². The second-order valence-electron chi connectivity index (χ2n) is 4.26. The number of nitrogens with one attached hydrogen (secondary N) is 4. The summed E-state index contributed by atoms with van der Waals surface area (Å²) < 4.78 is 0. The number of para-hydroxylation sites is 2. The third-order valence-corrected chi connectivity index (χ3v) is 3.00. The van der Waals surface area contributed by atoms with Gasteiger partial charge in [0.05, 0.1) is 0 Å². The number of carbonyl (C=O) groups excluding carboxylic acids is 1. The standard InChI is InChI=1S/C14H11ClN4O/c15-9-4-3-5-10(8-9)16-14(20)19-13-17-11-6-1-2-7-12(11)18-13/h1-8H,(H3,16,17,18,19,20)/p+1. The van der Waals surface area contributed by atoms with Crippen LogP contribution >= 0.6 is 11.6 Å². The molecule has 0 unspecified atom stereocenters. The predicted octanol–water partition coefficient (Wildman–Crippen LogP) is 3.28. The summed E-state index contributed by atoms with van der Waals surface area (Å²) in [7, 11) is 0. The second kappa shape index (κ2) is 5.22. The van der Waals surface area contributed by atoms with Crippen molar-refractivity contribution in [1.82, 2.24) is 4.98 Å². The monoisotopic (exact) mass is 287 g/mol. The van der Waals surface area contributed by atoms with Gasteiger partial charge in [0, 0.05) is 10.7 Å². The molecule has 2 aromatic carbocycles. The minimum Gasteiger partial charge on any atom is -0.295 e. The fourth-order valence-electron chi connectivity index (χ4n) is 1.91. The molecule has 0 saturated heterocycles. The molecule has 5 nitrogen and oxygen atoms in total. The van der Waals surface area contributed by atoms with E-state index in [0.717, 1.165) is 11.0 Å². The van der Waals surface area contributed by atoms with Crippen molar-refractivity contribution in [2.75, 3.05) is 10.6 Å². The molecule has 0 atom stereocenters. The van der Waals surface area contributed by atoms with E-state index in [0.29, 0.717) is 16.7 Å². The molecular formula is C14H12ClN4O+. The maximum absolute atomic E-state index is 11.9. The van der Waals surface area contributed by atoms with Gasteiger partial charge < -0.3 is 0 Å².